The Bertz CT molecular complexity index is 393. The zero-order valence-electron chi connectivity index (χ0n) is 14.2. The fourth-order valence-corrected chi connectivity index (χ4v) is 3.74. The fourth-order valence-electron chi connectivity index (χ4n) is 3.74. The van der Waals surface area contributed by atoms with Crippen molar-refractivity contribution in [2.24, 2.45) is 5.92 Å². The van der Waals surface area contributed by atoms with Crippen LogP contribution < -0.4 is 0 Å². The number of hydrogen-bond acceptors (Lipinski definition) is 4. The topological polar surface area (TPSA) is 53.0 Å². The molecule has 0 aliphatic carbocycles. The maximum Gasteiger partial charge on any atom is 0.410 e. The Balaban J connectivity index is 2.13. The van der Waals surface area contributed by atoms with Gasteiger partial charge in [0.25, 0.3) is 0 Å². The van der Waals surface area contributed by atoms with Crippen molar-refractivity contribution in [2.45, 2.75) is 77.8 Å². The average Bonchev–Trinajstić information content (AvgIpc) is 2.79. The molecule has 2 heterocycles. The van der Waals surface area contributed by atoms with Crippen molar-refractivity contribution in [1.82, 2.24) is 9.80 Å². The zero-order chi connectivity index (χ0) is 16.0. The van der Waals surface area contributed by atoms with Crippen LogP contribution in [0.1, 0.15) is 54.4 Å². The summed E-state index contributed by atoms with van der Waals surface area (Å²) in [5, 5.41) is 10.7. The number of nitrogens with zero attached hydrogens (tertiary/aromatic N) is 2. The van der Waals surface area contributed by atoms with Crippen molar-refractivity contribution >= 4 is 6.09 Å². The number of carbonyl (C=O) groups is 1. The van der Waals surface area contributed by atoms with E-state index in [4.69, 9.17) is 4.74 Å². The van der Waals surface area contributed by atoms with E-state index < -0.39 is 17.4 Å². The van der Waals surface area contributed by atoms with E-state index in [0.717, 1.165) is 19.4 Å². The summed E-state index contributed by atoms with van der Waals surface area (Å²) in [5.74, 6) is 0.496. The van der Waals surface area contributed by atoms with Crippen molar-refractivity contribution in [3.05, 3.63) is 0 Å². The third-order valence-electron chi connectivity index (χ3n) is 4.63. The van der Waals surface area contributed by atoms with E-state index in [-0.39, 0.29) is 12.1 Å². The van der Waals surface area contributed by atoms with E-state index >= 15 is 0 Å². The lowest BCUT2D eigenvalue weighted by Gasteiger charge is -2.62. The van der Waals surface area contributed by atoms with E-state index in [1.54, 1.807) is 4.90 Å². The molecule has 1 N–H and O–H groups in total. The SMILES string of the molecule is CC(C)CN1C(C)C2(CCCN2C(=O)OC(C)(C)C)C1O. The van der Waals surface area contributed by atoms with Gasteiger partial charge in [0.2, 0.25) is 0 Å². The number of rotatable bonds is 2. The highest BCUT2D eigenvalue weighted by Gasteiger charge is 2.64. The first kappa shape index (κ1) is 16.6. The number of amides is 1. The average molecular weight is 298 g/mol. The second kappa shape index (κ2) is 5.43. The molecule has 3 atom stereocenters. The van der Waals surface area contributed by atoms with Gasteiger partial charge in [-0.2, -0.15) is 0 Å². The Morgan fingerprint density at radius 3 is 2.52 bits per heavy atom. The maximum absolute atomic E-state index is 12.5. The van der Waals surface area contributed by atoms with Crippen LogP contribution in [0, 0.1) is 5.92 Å². The summed E-state index contributed by atoms with van der Waals surface area (Å²) in [5.41, 5.74) is -0.965. The van der Waals surface area contributed by atoms with Gasteiger partial charge in [-0.1, -0.05) is 13.8 Å². The smallest absolute Gasteiger partial charge is 0.410 e. The van der Waals surface area contributed by atoms with Gasteiger partial charge in [-0.05, 0) is 46.5 Å². The maximum atomic E-state index is 12.5. The summed E-state index contributed by atoms with van der Waals surface area (Å²) in [7, 11) is 0. The molecule has 122 valence electrons. The van der Waals surface area contributed by atoms with Crippen LogP contribution in [-0.2, 0) is 4.74 Å². The Morgan fingerprint density at radius 1 is 1.43 bits per heavy atom. The molecule has 5 nitrogen and oxygen atoms in total. The second-order valence-electron chi connectivity index (χ2n) is 7.87. The number of likely N-dealkylation sites (tertiary alicyclic amines) is 2. The highest BCUT2D eigenvalue weighted by Crippen LogP contribution is 2.47. The standard InChI is InChI=1S/C16H30N2O3/c1-11(2)10-17-12(3)16(13(17)19)8-7-9-18(16)14(20)21-15(4,5)6/h11-13,19H,7-10H2,1-6H3. The van der Waals surface area contributed by atoms with Gasteiger partial charge in [-0.25, -0.2) is 4.79 Å². The lowest BCUT2D eigenvalue weighted by atomic mass is 9.76. The molecule has 2 aliphatic heterocycles. The summed E-state index contributed by atoms with van der Waals surface area (Å²) in [4.78, 5) is 16.3. The summed E-state index contributed by atoms with van der Waals surface area (Å²) >= 11 is 0. The number of aliphatic hydroxyl groups is 1. The molecule has 0 aromatic heterocycles. The van der Waals surface area contributed by atoms with Crippen LogP contribution in [0.15, 0.2) is 0 Å². The normalized spacial score (nSPS) is 33.6. The second-order valence-corrected chi connectivity index (χ2v) is 7.87. The van der Waals surface area contributed by atoms with Crippen molar-refractivity contribution in [3.8, 4) is 0 Å². The Hall–Kier alpha value is -0.810. The molecular weight excluding hydrogens is 268 g/mol. The predicted octanol–water partition coefficient (Wildman–Crippen LogP) is 2.43. The molecule has 0 saturated carbocycles. The molecule has 1 amide bonds. The van der Waals surface area contributed by atoms with E-state index in [1.807, 2.05) is 20.8 Å². The summed E-state index contributed by atoms with van der Waals surface area (Å²) in [6, 6.07) is 0.171. The molecule has 5 heteroatoms. The van der Waals surface area contributed by atoms with Gasteiger partial charge in [-0.15, -0.1) is 0 Å². The summed E-state index contributed by atoms with van der Waals surface area (Å²) in [6.07, 6.45) is 0.902. The summed E-state index contributed by atoms with van der Waals surface area (Å²) in [6.45, 7) is 13.5. The number of aliphatic hydroxyl groups excluding tert-OH is 1. The lowest BCUT2D eigenvalue weighted by Crippen LogP contribution is -2.80. The van der Waals surface area contributed by atoms with E-state index in [0.29, 0.717) is 12.5 Å². The van der Waals surface area contributed by atoms with E-state index in [9.17, 15) is 9.90 Å². The van der Waals surface area contributed by atoms with Gasteiger partial charge in [0.1, 0.15) is 17.4 Å². The first-order chi connectivity index (χ1) is 9.59. The molecule has 0 radical (unpaired) electrons. The third kappa shape index (κ3) is 2.78. The van der Waals surface area contributed by atoms with Crippen LogP contribution >= 0.6 is 0 Å². The van der Waals surface area contributed by atoms with Gasteiger partial charge in [0.05, 0.1) is 0 Å². The summed E-state index contributed by atoms with van der Waals surface area (Å²) < 4.78 is 5.52. The molecule has 2 saturated heterocycles. The molecule has 2 rings (SSSR count). The van der Waals surface area contributed by atoms with Crippen molar-refractivity contribution in [3.63, 3.8) is 0 Å². The highest BCUT2D eigenvalue weighted by molar-refractivity contribution is 5.70. The number of ether oxygens (including phenoxy) is 1. The third-order valence-corrected chi connectivity index (χ3v) is 4.63. The largest absolute Gasteiger partial charge is 0.444 e. The minimum absolute atomic E-state index is 0.171. The number of hydrogen-bond donors (Lipinski definition) is 1. The van der Waals surface area contributed by atoms with Gasteiger partial charge in [0, 0.05) is 19.1 Å². The van der Waals surface area contributed by atoms with Gasteiger partial charge in [0.15, 0.2) is 0 Å². The van der Waals surface area contributed by atoms with Crippen LogP contribution in [0.2, 0.25) is 0 Å². The van der Waals surface area contributed by atoms with Crippen LogP contribution in [0.4, 0.5) is 4.79 Å². The Morgan fingerprint density at radius 2 is 2.05 bits per heavy atom. The first-order valence-electron chi connectivity index (χ1n) is 8.04. The van der Waals surface area contributed by atoms with Crippen LogP contribution in [-0.4, -0.2) is 57.5 Å². The molecule has 0 bridgehead atoms. The molecule has 0 aromatic rings. The van der Waals surface area contributed by atoms with Crippen LogP contribution in [0.25, 0.3) is 0 Å². The Kier molecular flexibility index (Phi) is 4.28. The minimum Gasteiger partial charge on any atom is -0.444 e. The first-order valence-corrected chi connectivity index (χ1v) is 8.04. The van der Waals surface area contributed by atoms with E-state index in [1.165, 1.54) is 0 Å². The molecule has 21 heavy (non-hydrogen) atoms. The molecule has 3 unspecified atom stereocenters. The van der Waals surface area contributed by atoms with Crippen LogP contribution in [0.3, 0.4) is 0 Å². The van der Waals surface area contributed by atoms with Crippen molar-refractivity contribution < 1.29 is 14.6 Å². The minimum atomic E-state index is -0.579. The number of carbonyl (C=O) groups excluding carboxylic acids is 1. The van der Waals surface area contributed by atoms with E-state index in [2.05, 4.69) is 25.7 Å². The van der Waals surface area contributed by atoms with Crippen LogP contribution in [0.5, 0.6) is 0 Å². The van der Waals surface area contributed by atoms with Gasteiger partial charge >= 0.3 is 6.09 Å². The molecule has 1 spiro atoms. The predicted molar refractivity (Wildman–Crippen MR) is 81.9 cm³/mol. The quantitative estimate of drug-likeness (QED) is 0.851. The van der Waals surface area contributed by atoms with Gasteiger partial charge < -0.3 is 9.84 Å². The molecule has 2 aliphatic rings. The Labute approximate surface area is 128 Å². The van der Waals surface area contributed by atoms with Crippen molar-refractivity contribution in [2.75, 3.05) is 13.1 Å². The van der Waals surface area contributed by atoms with Crippen molar-refractivity contribution in [1.29, 1.82) is 0 Å². The monoisotopic (exact) mass is 298 g/mol. The molecular formula is C16H30N2O3. The molecule has 2 fully saturated rings. The van der Waals surface area contributed by atoms with Gasteiger partial charge in [-0.3, -0.25) is 9.80 Å². The fraction of sp³-hybridized carbons (Fsp3) is 0.938. The lowest BCUT2D eigenvalue weighted by molar-refractivity contribution is -0.228. The highest BCUT2D eigenvalue weighted by atomic mass is 16.6. The molecule has 0 aromatic carbocycles. The zero-order valence-corrected chi connectivity index (χ0v) is 14.2.